The van der Waals surface area contributed by atoms with Crippen LogP contribution in [0.15, 0.2) is 23.1 Å². The lowest BCUT2D eigenvalue weighted by atomic mass is 9.97. The Morgan fingerprint density at radius 1 is 1.57 bits per heavy atom. The van der Waals surface area contributed by atoms with Crippen molar-refractivity contribution < 1.29 is 18.3 Å². The fraction of sp³-hybridized carbons (Fsp3) is 0.500. The Kier molecular flexibility index (Phi) is 4.35. The fourth-order valence-electron chi connectivity index (χ4n) is 2.32. The van der Waals surface area contributed by atoms with Crippen LogP contribution in [-0.4, -0.2) is 38.4 Å². The van der Waals surface area contributed by atoms with Crippen LogP contribution < -0.4 is 4.72 Å². The summed E-state index contributed by atoms with van der Waals surface area (Å²) in [4.78, 5) is 0.108. The van der Waals surface area contributed by atoms with E-state index in [2.05, 4.69) is 4.72 Å². The smallest absolute Gasteiger partial charge is 0.240 e. The van der Waals surface area contributed by atoms with Gasteiger partial charge in [-0.15, -0.1) is 0 Å². The van der Waals surface area contributed by atoms with E-state index in [0.29, 0.717) is 24.2 Å². The minimum absolute atomic E-state index is 0.101. The number of nitrogens with one attached hydrogen (secondary N) is 1. The molecule has 0 amide bonds. The van der Waals surface area contributed by atoms with E-state index in [9.17, 15) is 13.5 Å². The third kappa shape index (κ3) is 3.24. The third-order valence-corrected chi connectivity index (χ3v) is 5.38. The lowest BCUT2D eigenvalue weighted by Crippen LogP contribution is -2.47. The topological polar surface area (TPSA) is 99.4 Å². The van der Waals surface area contributed by atoms with Gasteiger partial charge in [0, 0.05) is 19.6 Å². The van der Waals surface area contributed by atoms with Gasteiger partial charge in [0.25, 0.3) is 0 Å². The molecule has 2 atom stereocenters. The Labute approximate surface area is 124 Å². The van der Waals surface area contributed by atoms with E-state index in [1.54, 1.807) is 13.8 Å². The second-order valence-corrected chi connectivity index (χ2v) is 7.02. The molecule has 6 nitrogen and oxygen atoms in total. The molecule has 1 saturated heterocycles. The van der Waals surface area contributed by atoms with Crippen LogP contribution in [0, 0.1) is 18.3 Å². The van der Waals surface area contributed by atoms with Gasteiger partial charge in [-0.05, 0) is 37.6 Å². The number of hydrogen-bond donors (Lipinski definition) is 2. The molecular formula is C14H18N2O4S. The van der Waals surface area contributed by atoms with Gasteiger partial charge in [-0.3, -0.25) is 0 Å². The number of nitriles is 1. The van der Waals surface area contributed by atoms with Gasteiger partial charge in [0.2, 0.25) is 10.0 Å². The molecule has 1 aliphatic heterocycles. The largest absolute Gasteiger partial charge is 0.386 e. The van der Waals surface area contributed by atoms with Gasteiger partial charge >= 0.3 is 0 Å². The normalized spacial score (nSPS) is 25.7. The van der Waals surface area contributed by atoms with Crippen molar-refractivity contribution in [2.75, 3.05) is 13.2 Å². The zero-order valence-electron chi connectivity index (χ0n) is 12.0. The number of benzene rings is 1. The predicted octanol–water partition coefficient (Wildman–Crippen LogP) is 0.685. The van der Waals surface area contributed by atoms with Crippen molar-refractivity contribution in [1.82, 2.24) is 4.72 Å². The van der Waals surface area contributed by atoms with Crippen LogP contribution in [0.2, 0.25) is 0 Å². The molecule has 2 unspecified atom stereocenters. The van der Waals surface area contributed by atoms with Crippen molar-refractivity contribution in [3.05, 3.63) is 29.3 Å². The maximum atomic E-state index is 12.3. The van der Waals surface area contributed by atoms with Gasteiger partial charge in [0.1, 0.15) is 5.60 Å². The highest BCUT2D eigenvalue weighted by Gasteiger charge is 2.40. The first-order valence-electron chi connectivity index (χ1n) is 6.63. The molecule has 0 saturated carbocycles. The second kappa shape index (κ2) is 5.73. The highest BCUT2D eigenvalue weighted by atomic mass is 32.2. The van der Waals surface area contributed by atoms with Crippen molar-refractivity contribution in [1.29, 1.82) is 5.26 Å². The summed E-state index contributed by atoms with van der Waals surface area (Å²) in [5.41, 5.74) is -0.291. The first kappa shape index (κ1) is 15.9. The number of sulfonamides is 1. The van der Waals surface area contributed by atoms with Crippen molar-refractivity contribution in [3.63, 3.8) is 0 Å². The quantitative estimate of drug-likeness (QED) is 0.852. The average molecular weight is 310 g/mol. The van der Waals surface area contributed by atoms with Crippen LogP contribution in [0.1, 0.15) is 24.5 Å². The molecule has 1 aromatic carbocycles. The summed E-state index contributed by atoms with van der Waals surface area (Å²) in [6, 6.07) is 6.34. The van der Waals surface area contributed by atoms with Gasteiger partial charge in [-0.1, -0.05) is 0 Å². The highest BCUT2D eigenvalue weighted by Crippen LogP contribution is 2.25. The van der Waals surface area contributed by atoms with E-state index in [0.717, 1.165) is 0 Å². The van der Waals surface area contributed by atoms with Crippen molar-refractivity contribution in [3.8, 4) is 6.07 Å². The zero-order chi connectivity index (χ0) is 15.7. The minimum Gasteiger partial charge on any atom is -0.386 e. The molecule has 1 aromatic rings. The van der Waals surface area contributed by atoms with E-state index in [1.807, 2.05) is 6.07 Å². The Hall–Kier alpha value is -1.46. The lowest BCUT2D eigenvalue weighted by molar-refractivity contribution is -0.0228. The first-order valence-corrected chi connectivity index (χ1v) is 8.11. The maximum Gasteiger partial charge on any atom is 0.240 e. The van der Waals surface area contributed by atoms with Crippen LogP contribution >= 0.6 is 0 Å². The molecule has 0 aromatic heterocycles. The molecule has 1 heterocycles. The van der Waals surface area contributed by atoms with Gasteiger partial charge < -0.3 is 9.84 Å². The highest BCUT2D eigenvalue weighted by molar-refractivity contribution is 7.89. The summed E-state index contributed by atoms with van der Waals surface area (Å²) < 4.78 is 32.3. The van der Waals surface area contributed by atoms with Crippen LogP contribution in [0.4, 0.5) is 0 Å². The number of hydrogen-bond acceptors (Lipinski definition) is 5. The van der Waals surface area contributed by atoms with Crippen LogP contribution in [0.25, 0.3) is 0 Å². The molecule has 0 radical (unpaired) electrons. The molecular weight excluding hydrogens is 292 g/mol. The first-order chi connectivity index (χ1) is 9.78. The summed E-state index contributed by atoms with van der Waals surface area (Å²) in [5.74, 6) is 0. The number of ether oxygens (including phenoxy) is 1. The summed E-state index contributed by atoms with van der Waals surface area (Å²) in [6.45, 7) is 3.66. The van der Waals surface area contributed by atoms with Gasteiger partial charge in [-0.2, -0.15) is 5.26 Å². The summed E-state index contributed by atoms with van der Waals surface area (Å²) >= 11 is 0. The number of rotatable bonds is 4. The fourth-order valence-corrected chi connectivity index (χ4v) is 3.65. The third-order valence-electron chi connectivity index (χ3n) is 3.82. The van der Waals surface area contributed by atoms with E-state index >= 15 is 0 Å². The van der Waals surface area contributed by atoms with Gasteiger partial charge in [0.15, 0.2) is 0 Å². The monoisotopic (exact) mass is 310 g/mol. The standard InChI is InChI=1S/C14H18N2O4S/c1-10-7-12(8-15)3-4-13(10)21(18,19)16-9-14(17)5-6-20-11(14)2/h3-4,7,11,16-17H,5-6,9H2,1-2H3. The van der Waals surface area contributed by atoms with E-state index in [-0.39, 0.29) is 11.4 Å². The predicted molar refractivity (Wildman–Crippen MR) is 76.1 cm³/mol. The number of aryl methyl sites for hydroxylation is 1. The minimum atomic E-state index is -3.74. The summed E-state index contributed by atoms with van der Waals surface area (Å²) in [6.07, 6.45) is -0.0227. The Balaban J connectivity index is 2.18. The Morgan fingerprint density at radius 2 is 2.29 bits per heavy atom. The SMILES string of the molecule is Cc1cc(C#N)ccc1S(=O)(=O)NCC1(O)CCOC1C. The molecule has 2 rings (SSSR count). The maximum absolute atomic E-state index is 12.3. The second-order valence-electron chi connectivity index (χ2n) is 5.28. The van der Waals surface area contributed by atoms with Crippen LogP contribution in [0.3, 0.4) is 0 Å². The summed E-state index contributed by atoms with van der Waals surface area (Å²) in [7, 11) is -3.74. The number of nitrogens with zero attached hydrogens (tertiary/aromatic N) is 1. The van der Waals surface area contributed by atoms with E-state index < -0.39 is 21.7 Å². The molecule has 21 heavy (non-hydrogen) atoms. The van der Waals surface area contributed by atoms with Gasteiger partial charge in [0.05, 0.1) is 22.6 Å². The molecule has 1 aliphatic rings. The molecule has 7 heteroatoms. The van der Waals surface area contributed by atoms with Crippen molar-refractivity contribution in [2.45, 2.75) is 36.9 Å². The van der Waals surface area contributed by atoms with Crippen molar-refractivity contribution >= 4 is 10.0 Å². The summed E-state index contributed by atoms with van der Waals surface area (Å²) in [5, 5.41) is 19.1. The molecule has 1 fully saturated rings. The molecule has 0 spiro atoms. The molecule has 114 valence electrons. The zero-order valence-corrected chi connectivity index (χ0v) is 12.8. The lowest BCUT2D eigenvalue weighted by Gasteiger charge is -2.26. The molecule has 2 N–H and O–H groups in total. The Bertz CT molecular complexity index is 681. The van der Waals surface area contributed by atoms with Crippen LogP contribution in [-0.2, 0) is 14.8 Å². The van der Waals surface area contributed by atoms with E-state index in [4.69, 9.17) is 10.00 Å². The van der Waals surface area contributed by atoms with Gasteiger partial charge in [-0.25, -0.2) is 13.1 Å². The van der Waals surface area contributed by atoms with E-state index in [1.165, 1.54) is 18.2 Å². The molecule has 0 aliphatic carbocycles. The number of aliphatic hydroxyl groups is 1. The molecule has 0 bridgehead atoms. The van der Waals surface area contributed by atoms with Crippen LogP contribution in [0.5, 0.6) is 0 Å². The van der Waals surface area contributed by atoms with Crippen molar-refractivity contribution in [2.24, 2.45) is 0 Å². The Morgan fingerprint density at radius 3 is 2.81 bits per heavy atom. The average Bonchev–Trinajstić information content (AvgIpc) is 2.77.